The molecule has 7 nitrogen and oxygen atoms in total. The van der Waals surface area contributed by atoms with Gasteiger partial charge in [0.1, 0.15) is 5.82 Å². The van der Waals surface area contributed by atoms with E-state index in [4.69, 9.17) is 13.9 Å². The van der Waals surface area contributed by atoms with Gasteiger partial charge in [-0.3, -0.25) is 4.79 Å². The van der Waals surface area contributed by atoms with Crippen LogP contribution in [0.15, 0.2) is 58.2 Å². The largest absolute Gasteiger partial charge is 0.493 e. The third kappa shape index (κ3) is 5.57. The number of thioether (sulfide) groups is 1. The van der Waals surface area contributed by atoms with Crippen LogP contribution in [0.25, 0.3) is 11.5 Å². The number of ether oxygens (including phenoxy) is 2. The highest BCUT2D eigenvalue weighted by Crippen LogP contribution is 2.32. The second kappa shape index (κ2) is 10.8. The topological polar surface area (TPSA) is 79.4 Å². The maximum absolute atomic E-state index is 13.1. The van der Waals surface area contributed by atoms with Gasteiger partial charge in [-0.1, -0.05) is 23.9 Å². The number of hydrogen-bond acceptors (Lipinski definition) is 7. The summed E-state index contributed by atoms with van der Waals surface area (Å²) in [4.78, 5) is 13.0. The van der Waals surface area contributed by atoms with Crippen molar-refractivity contribution >= 4 is 17.5 Å². The molecule has 35 heavy (non-hydrogen) atoms. The molecular formula is C26H26FN3O4S. The number of aromatic nitrogens is 3. The third-order valence-electron chi connectivity index (χ3n) is 5.78. The van der Waals surface area contributed by atoms with Gasteiger partial charge in [-0.25, -0.2) is 4.39 Å². The molecule has 2 aromatic heterocycles. The lowest BCUT2D eigenvalue weighted by Crippen LogP contribution is -2.08. The van der Waals surface area contributed by atoms with Gasteiger partial charge >= 0.3 is 0 Å². The minimum atomic E-state index is -0.246. The normalized spacial score (nSPS) is 11.0. The molecule has 0 unspecified atom stereocenters. The minimum absolute atomic E-state index is 0.0120. The summed E-state index contributed by atoms with van der Waals surface area (Å²) in [5, 5.41) is 8.46. The van der Waals surface area contributed by atoms with Crippen LogP contribution in [0.1, 0.15) is 27.3 Å². The second-order valence-electron chi connectivity index (χ2n) is 7.97. The minimum Gasteiger partial charge on any atom is -0.493 e. The fourth-order valence-corrected chi connectivity index (χ4v) is 4.53. The standard InChI is InChI=1S/C26H26FN3O4S/c1-16-13-21(17(2)30(16)12-11-18-5-8-20(27)9-6-18)22(31)15-35-26-29-28-25(34-26)19-7-10-23(32-3)24(14-19)33-4/h5-10,13-14H,11-12,15H2,1-4H3. The number of benzene rings is 2. The summed E-state index contributed by atoms with van der Waals surface area (Å²) in [6, 6.07) is 13.7. The zero-order valence-electron chi connectivity index (χ0n) is 20.0. The molecule has 2 aromatic carbocycles. The molecule has 0 saturated carbocycles. The first-order chi connectivity index (χ1) is 16.9. The molecule has 0 aliphatic heterocycles. The average molecular weight is 496 g/mol. The van der Waals surface area contributed by atoms with E-state index in [1.807, 2.05) is 19.9 Å². The number of nitrogens with zero attached hydrogens (tertiary/aromatic N) is 3. The highest BCUT2D eigenvalue weighted by atomic mass is 32.2. The van der Waals surface area contributed by atoms with Crippen LogP contribution in [0.4, 0.5) is 4.39 Å². The zero-order chi connectivity index (χ0) is 24.9. The molecule has 0 amide bonds. The van der Waals surface area contributed by atoms with E-state index in [0.29, 0.717) is 40.3 Å². The van der Waals surface area contributed by atoms with Gasteiger partial charge in [-0.05, 0) is 62.2 Å². The fraction of sp³-hybridized carbons (Fsp3) is 0.269. The average Bonchev–Trinajstić information content (AvgIpc) is 3.46. The maximum Gasteiger partial charge on any atom is 0.277 e. The summed E-state index contributed by atoms with van der Waals surface area (Å²) in [7, 11) is 3.13. The van der Waals surface area contributed by atoms with Crippen molar-refractivity contribution < 1.29 is 23.1 Å². The molecule has 4 rings (SSSR count). The summed E-state index contributed by atoms with van der Waals surface area (Å²) in [5.41, 5.74) is 4.33. The van der Waals surface area contributed by atoms with E-state index >= 15 is 0 Å². The summed E-state index contributed by atoms with van der Waals surface area (Å²) in [6.07, 6.45) is 0.750. The van der Waals surface area contributed by atoms with Crippen molar-refractivity contribution in [2.75, 3.05) is 20.0 Å². The molecule has 4 aromatic rings. The summed E-state index contributed by atoms with van der Waals surface area (Å²) in [6.45, 7) is 4.63. The van der Waals surface area contributed by atoms with Gasteiger partial charge in [0.2, 0.25) is 5.89 Å². The first kappa shape index (κ1) is 24.5. The molecule has 0 bridgehead atoms. The second-order valence-corrected chi connectivity index (χ2v) is 8.89. The number of carbonyl (C=O) groups excluding carboxylic acids is 1. The summed E-state index contributed by atoms with van der Waals surface area (Å²) in [5.74, 6) is 1.41. The van der Waals surface area contributed by atoms with E-state index in [1.54, 1.807) is 44.6 Å². The first-order valence-corrected chi connectivity index (χ1v) is 12.0. The van der Waals surface area contributed by atoms with Gasteiger partial charge < -0.3 is 18.5 Å². The number of methoxy groups -OCH3 is 2. The van der Waals surface area contributed by atoms with Crippen LogP contribution in [0, 0.1) is 19.7 Å². The molecule has 0 aliphatic carbocycles. The Bertz CT molecular complexity index is 1330. The third-order valence-corrected chi connectivity index (χ3v) is 6.59. The van der Waals surface area contributed by atoms with Crippen LogP contribution in [-0.4, -0.2) is 40.5 Å². The number of carbonyl (C=O) groups is 1. The Morgan fingerprint density at radius 2 is 1.77 bits per heavy atom. The first-order valence-electron chi connectivity index (χ1n) is 11.0. The predicted octanol–water partition coefficient (Wildman–Crippen LogP) is 5.53. The molecule has 0 N–H and O–H groups in total. The zero-order valence-corrected chi connectivity index (χ0v) is 20.8. The summed E-state index contributed by atoms with van der Waals surface area (Å²) < 4.78 is 31.6. The maximum atomic E-state index is 13.1. The van der Waals surface area contributed by atoms with Crippen LogP contribution in [-0.2, 0) is 13.0 Å². The molecule has 9 heteroatoms. The SMILES string of the molecule is COc1ccc(-c2nnc(SCC(=O)c3cc(C)n(CCc4ccc(F)cc4)c3C)o2)cc1OC. The Morgan fingerprint density at radius 3 is 2.49 bits per heavy atom. The highest BCUT2D eigenvalue weighted by Gasteiger charge is 2.18. The van der Waals surface area contributed by atoms with Gasteiger partial charge in [0.25, 0.3) is 5.22 Å². The lowest BCUT2D eigenvalue weighted by atomic mass is 10.1. The van der Waals surface area contributed by atoms with Crippen LogP contribution in [0.5, 0.6) is 11.5 Å². The molecule has 0 atom stereocenters. The quantitative estimate of drug-likeness (QED) is 0.211. The lowest BCUT2D eigenvalue weighted by Gasteiger charge is -2.10. The number of Topliss-reactive ketones (excluding diaryl/α,β-unsaturated/α-hetero) is 1. The monoisotopic (exact) mass is 495 g/mol. The highest BCUT2D eigenvalue weighted by molar-refractivity contribution is 7.99. The number of aryl methyl sites for hydroxylation is 2. The Kier molecular flexibility index (Phi) is 7.55. The van der Waals surface area contributed by atoms with Gasteiger partial charge in [-0.15, -0.1) is 10.2 Å². The van der Waals surface area contributed by atoms with Crippen LogP contribution in [0.3, 0.4) is 0 Å². The Labute approximate surface area is 207 Å². The van der Waals surface area contributed by atoms with Crippen molar-refractivity contribution in [2.45, 2.75) is 32.0 Å². The van der Waals surface area contributed by atoms with Crippen LogP contribution < -0.4 is 9.47 Å². The van der Waals surface area contributed by atoms with Crippen LogP contribution in [0.2, 0.25) is 0 Å². The van der Waals surface area contributed by atoms with Crippen molar-refractivity contribution in [3.05, 3.63) is 76.9 Å². The van der Waals surface area contributed by atoms with Crippen molar-refractivity contribution in [1.82, 2.24) is 14.8 Å². The molecule has 182 valence electrons. The fourth-order valence-electron chi connectivity index (χ4n) is 3.88. The number of halogens is 1. The molecule has 0 spiro atoms. The molecule has 0 fully saturated rings. The van der Waals surface area contributed by atoms with Crippen molar-refractivity contribution in [2.24, 2.45) is 0 Å². The Hall–Kier alpha value is -3.59. The van der Waals surface area contributed by atoms with E-state index in [0.717, 1.165) is 23.4 Å². The molecule has 2 heterocycles. The van der Waals surface area contributed by atoms with E-state index in [-0.39, 0.29) is 17.4 Å². The van der Waals surface area contributed by atoms with E-state index < -0.39 is 0 Å². The molecule has 0 radical (unpaired) electrons. The van der Waals surface area contributed by atoms with Crippen molar-refractivity contribution in [3.8, 4) is 23.0 Å². The Morgan fingerprint density at radius 1 is 1.03 bits per heavy atom. The van der Waals surface area contributed by atoms with E-state index in [1.165, 1.54) is 23.9 Å². The smallest absolute Gasteiger partial charge is 0.277 e. The Balaban J connectivity index is 1.40. The van der Waals surface area contributed by atoms with Gasteiger partial charge in [0, 0.05) is 29.1 Å². The van der Waals surface area contributed by atoms with Crippen molar-refractivity contribution in [1.29, 1.82) is 0 Å². The van der Waals surface area contributed by atoms with Gasteiger partial charge in [-0.2, -0.15) is 0 Å². The van der Waals surface area contributed by atoms with Crippen molar-refractivity contribution in [3.63, 3.8) is 0 Å². The van der Waals surface area contributed by atoms with Crippen LogP contribution >= 0.6 is 11.8 Å². The summed E-state index contributed by atoms with van der Waals surface area (Å²) >= 11 is 1.20. The number of rotatable bonds is 10. The molecule has 0 saturated heterocycles. The van der Waals surface area contributed by atoms with E-state index in [2.05, 4.69) is 14.8 Å². The predicted molar refractivity (Wildman–Crippen MR) is 132 cm³/mol. The number of ketones is 1. The van der Waals surface area contributed by atoms with E-state index in [9.17, 15) is 9.18 Å². The number of hydrogen-bond donors (Lipinski definition) is 0. The molecule has 0 aliphatic rings. The van der Waals surface area contributed by atoms with Gasteiger partial charge in [0.05, 0.1) is 20.0 Å². The molecular weight excluding hydrogens is 469 g/mol. The lowest BCUT2D eigenvalue weighted by molar-refractivity contribution is 0.102. The van der Waals surface area contributed by atoms with Gasteiger partial charge in [0.15, 0.2) is 17.3 Å².